The number of nitrogens with two attached hydrogens (primary N) is 1. The minimum Gasteiger partial charge on any atom is -0.489 e. The van der Waals surface area contributed by atoms with Gasteiger partial charge in [-0.3, -0.25) is 0 Å². The quantitative estimate of drug-likeness (QED) is 0.841. The van der Waals surface area contributed by atoms with E-state index in [1.54, 1.807) is 24.3 Å². The lowest BCUT2D eigenvalue weighted by Crippen LogP contribution is -2.03. The number of aromatic carboxylic acids is 1. The van der Waals surface area contributed by atoms with E-state index in [2.05, 4.69) is 0 Å². The standard InChI is InChI=1S/C14H11Cl2NO3/c15-11-4-1-8(5-12(11)16)7-20-9-2-3-10(14(18)19)13(17)6-9/h1-6H,7,17H2,(H,18,19). The van der Waals surface area contributed by atoms with Crippen LogP contribution in [0.2, 0.25) is 10.0 Å². The summed E-state index contributed by atoms with van der Waals surface area (Å²) in [6, 6.07) is 9.62. The number of rotatable bonds is 4. The minimum atomic E-state index is -1.07. The van der Waals surface area contributed by atoms with Gasteiger partial charge in [-0.15, -0.1) is 0 Å². The SMILES string of the molecule is Nc1cc(OCc2ccc(Cl)c(Cl)c2)ccc1C(=O)O. The van der Waals surface area contributed by atoms with Crippen molar-refractivity contribution in [3.8, 4) is 5.75 Å². The van der Waals surface area contributed by atoms with Crippen LogP contribution in [0.25, 0.3) is 0 Å². The second-order valence-corrected chi connectivity index (χ2v) is 4.91. The van der Waals surface area contributed by atoms with Gasteiger partial charge in [0.1, 0.15) is 12.4 Å². The van der Waals surface area contributed by atoms with Crippen molar-refractivity contribution in [3.05, 3.63) is 57.6 Å². The number of benzene rings is 2. The third kappa shape index (κ3) is 3.35. The molecule has 0 unspecified atom stereocenters. The predicted molar refractivity (Wildman–Crippen MR) is 78.6 cm³/mol. The number of hydrogen-bond donors (Lipinski definition) is 2. The highest BCUT2D eigenvalue weighted by Crippen LogP contribution is 2.24. The van der Waals surface area contributed by atoms with E-state index in [9.17, 15) is 4.79 Å². The van der Waals surface area contributed by atoms with Gasteiger partial charge in [-0.2, -0.15) is 0 Å². The van der Waals surface area contributed by atoms with Crippen molar-refractivity contribution in [2.75, 3.05) is 5.73 Å². The van der Waals surface area contributed by atoms with Crippen molar-refractivity contribution in [1.29, 1.82) is 0 Å². The summed E-state index contributed by atoms with van der Waals surface area (Å²) in [5.41, 5.74) is 6.69. The number of carboxylic acids is 1. The van der Waals surface area contributed by atoms with Crippen molar-refractivity contribution >= 4 is 34.9 Å². The molecule has 0 atom stereocenters. The van der Waals surface area contributed by atoms with Crippen molar-refractivity contribution < 1.29 is 14.6 Å². The van der Waals surface area contributed by atoms with Crippen LogP contribution in [0.4, 0.5) is 5.69 Å². The molecule has 0 radical (unpaired) electrons. The van der Waals surface area contributed by atoms with E-state index in [-0.39, 0.29) is 17.9 Å². The maximum absolute atomic E-state index is 10.8. The van der Waals surface area contributed by atoms with Crippen LogP contribution in [-0.2, 0) is 6.61 Å². The summed E-state index contributed by atoms with van der Waals surface area (Å²) in [5.74, 6) is -0.586. The first-order chi connectivity index (χ1) is 9.47. The molecule has 104 valence electrons. The van der Waals surface area contributed by atoms with E-state index in [1.807, 2.05) is 0 Å². The number of halogens is 2. The highest BCUT2D eigenvalue weighted by Gasteiger charge is 2.08. The highest BCUT2D eigenvalue weighted by atomic mass is 35.5. The van der Waals surface area contributed by atoms with E-state index in [1.165, 1.54) is 12.1 Å². The van der Waals surface area contributed by atoms with Gasteiger partial charge in [0.05, 0.1) is 15.6 Å². The Bertz CT molecular complexity index is 659. The molecular weight excluding hydrogens is 301 g/mol. The Labute approximate surface area is 125 Å². The number of carboxylic acid groups (broad SMARTS) is 1. The molecule has 0 amide bonds. The number of anilines is 1. The van der Waals surface area contributed by atoms with Crippen molar-refractivity contribution in [3.63, 3.8) is 0 Å². The highest BCUT2D eigenvalue weighted by molar-refractivity contribution is 6.42. The van der Waals surface area contributed by atoms with Crippen LogP contribution in [0.5, 0.6) is 5.75 Å². The molecule has 6 heteroatoms. The van der Waals surface area contributed by atoms with E-state index in [0.29, 0.717) is 15.8 Å². The van der Waals surface area contributed by atoms with Crippen molar-refractivity contribution in [1.82, 2.24) is 0 Å². The Morgan fingerprint density at radius 3 is 2.50 bits per heavy atom. The summed E-state index contributed by atoms with van der Waals surface area (Å²) in [6.45, 7) is 0.281. The fourth-order valence-electron chi connectivity index (χ4n) is 1.62. The maximum Gasteiger partial charge on any atom is 0.337 e. The molecule has 3 N–H and O–H groups in total. The van der Waals surface area contributed by atoms with Gasteiger partial charge in [0.15, 0.2) is 0 Å². The molecule has 2 rings (SSSR count). The Hall–Kier alpha value is -1.91. The molecule has 0 heterocycles. The first kappa shape index (κ1) is 14.5. The zero-order valence-corrected chi connectivity index (χ0v) is 11.8. The fraction of sp³-hybridized carbons (Fsp3) is 0.0714. The Morgan fingerprint density at radius 1 is 1.15 bits per heavy atom. The number of ether oxygens (including phenoxy) is 1. The van der Waals surface area contributed by atoms with Gasteiger partial charge in [-0.05, 0) is 29.8 Å². The Balaban J connectivity index is 2.09. The normalized spacial score (nSPS) is 10.3. The maximum atomic E-state index is 10.8. The molecule has 0 bridgehead atoms. The second kappa shape index (κ2) is 6.03. The number of nitrogen functional groups attached to an aromatic ring is 1. The van der Waals surface area contributed by atoms with Gasteiger partial charge in [0.2, 0.25) is 0 Å². The van der Waals surface area contributed by atoms with Crippen LogP contribution in [0.15, 0.2) is 36.4 Å². The lowest BCUT2D eigenvalue weighted by atomic mass is 10.2. The van der Waals surface area contributed by atoms with Crippen LogP contribution in [0.1, 0.15) is 15.9 Å². The van der Waals surface area contributed by atoms with Gasteiger partial charge in [0.25, 0.3) is 0 Å². The molecule has 0 fully saturated rings. The summed E-state index contributed by atoms with van der Waals surface area (Å²) in [4.78, 5) is 10.8. The van der Waals surface area contributed by atoms with Crippen LogP contribution >= 0.6 is 23.2 Å². The van der Waals surface area contributed by atoms with Gasteiger partial charge >= 0.3 is 5.97 Å². The molecule has 20 heavy (non-hydrogen) atoms. The second-order valence-electron chi connectivity index (χ2n) is 4.09. The van der Waals surface area contributed by atoms with E-state index >= 15 is 0 Å². The molecule has 0 aromatic heterocycles. The number of hydrogen-bond acceptors (Lipinski definition) is 3. The van der Waals surface area contributed by atoms with E-state index < -0.39 is 5.97 Å². The predicted octanol–water partition coefficient (Wildman–Crippen LogP) is 3.85. The Morgan fingerprint density at radius 2 is 1.90 bits per heavy atom. The monoisotopic (exact) mass is 311 g/mol. The molecule has 0 saturated heterocycles. The zero-order chi connectivity index (χ0) is 14.7. The average Bonchev–Trinajstić information content (AvgIpc) is 2.40. The summed E-state index contributed by atoms with van der Waals surface area (Å²) in [5, 5.41) is 9.80. The van der Waals surface area contributed by atoms with E-state index in [4.69, 9.17) is 38.8 Å². The van der Waals surface area contributed by atoms with Crippen LogP contribution < -0.4 is 10.5 Å². The smallest absolute Gasteiger partial charge is 0.337 e. The van der Waals surface area contributed by atoms with Crippen molar-refractivity contribution in [2.45, 2.75) is 6.61 Å². The molecule has 4 nitrogen and oxygen atoms in total. The molecule has 0 spiro atoms. The molecule has 0 saturated carbocycles. The zero-order valence-electron chi connectivity index (χ0n) is 10.3. The molecule has 2 aromatic rings. The lowest BCUT2D eigenvalue weighted by Gasteiger charge is -2.09. The largest absolute Gasteiger partial charge is 0.489 e. The van der Waals surface area contributed by atoms with Crippen molar-refractivity contribution in [2.24, 2.45) is 0 Å². The third-order valence-corrected chi connectivity index (χ3v) is 3.38. The van der Waals surface area contributed by atoms with Gasteiger partial charge in [-0.1, -0.05) is 29.3 Å². The molecule has 0 aliphatic heterocycles. The summed E-state index contributed by atoms with van der Waals surface area (Å²) < 4.78 is 5.53. The van der Waals surface area contributed by atoms with E-state index in [0.717, 1.165) is 5.56 Å². The lowest BCUT2D eigenvalue weighted by molar-refractivity contribution is 0.0698. The van der Waals surface area contributed by atoms with Crippen LogP contribution in [-0.4, -0.2) is 11.1 Å². The summed E-state index contributed by atoms with van der Waals surface area (Å²) in [7, 11) is 0. The summed E-state index contributed by atoms with van der Waals surface area (Å²) in [6.07, 6.45) is 0. The summed E-state index contributed by atoms with van der Waals surface area (Å²) >= 11 is 11.7. The number of carbonyl (C=O) groups is 1. The first-order valence-corrected chi connectivity index (χ1v) is 6.42. The van der Waals surface area contributed by atoms with Gasteiger partial charge < -0.3 is 15.6 Å². The third-order valence-electron chi connectivity index (χ3n) is 2.64. The molecule has 0 aliphatic rings. The Kier molecular flexibility index (Phi) is 4.37. The molecule has 2 aromatic carbocycles. The minimum absolute atomic E-state index is 0.0480. The molecular formula is C14H11Cl2NO3. The fourth-order valence-corrected chi connectivity index (χ4v) is 1.94. The first-order valence-electron chi connectivity index (χ1n) is 5.67. The topological polar surface area (TPSA) is 72.5 Å². The van der Waals surface area contributed by atoms with Crippen LogP contribution in [0, 0.1) is 0 Å². The average molecular weight is 312 g/mol. The van der Waals surface area contributed by atoms with Crippen LogP contribution in [0.3, 0.4) is 0 Å². The molecule has 0 aliphatic carbocycles. The van der Waals surface area contributed by atoms with Gasteiger partial charge in [0, 0.05) is 11.8 Å². The van der Waals surface area contributed by atoms with Gasteiger partial charge in [-0.25, -0.2) is 4.79 Å².